The summed E-state index contributed by atoms with van der Waals surface area (Å²) in [6, 6.07) is 7.25. The molecule has 124 valence electrons. The second-order valence-corrected chi connectivity index (χ2v) is 7.57. The summed E-state index contributed by atoms with van der Waals surface area (Å²) in [4.78, 5) is 12.2. The molecule has 3 aliphatic rings. The standard InChI is InChI=1S/C18H22ClNO3/c19-15-1-3-16(4-2-15)20-17(21)9-12-7-13-10-18(11-14(13)8-12)22-5-6-23-18/h1-4,12-14H,5-11H2,(H,20,21)/t12?,13-,14+. The van der Waals surface area contributed by atoms with Gasteiger partial charge in [-0.3, -0.25) is 4.79 Å². The predicted octanol–water partition coefficient (Wildman–Crippen LogP) is 3.85. The smallest absolute Gasteiger partial charge is 0.224 e. The van der Waals surface area contributed by atoms with Crippen LogP contribution in [0.1, 0.15) is 32.1 Å². The average Bonchev–Trinajstić information content (AvgIpc) is 3.18. The lowest BCUT2D eigenvalue weighted by Gasteiger charge is -2.23. The zero-order valence-electron chi connectivity index (χ0n) is 13.1. The molecule has 1 aliphatic heterocycles. The Balaban J connectivity index is 1.28. The molecule has 0 aromatic heterocycles. The molecule has 4 rings (SSSR count). The summed E-state index contributed by atoms with van der Waals surface area (Å²) in [5.74, 6) is 1.60. The van der Waals surface area contributed by atoms with Crippen LogP contribution < -0.4 is 5.32 Å². The highest BCUT2D eigenvalue weighted by atomic mass is 35.5. The number of amides is 1. The molecule has 0 bridgehead atoms. The monoisotopic (exact) mass is 335 g/mol. The van der Waals surface area contributed by atoms with Gasteiger partial charge in [0, 0.05) is 30.0 Å². The number of nitrogens with one attached hydrogen (secondary N) is 1. The van der Waals surface area contributed by atoms with E-state index in [0.717, 1.165) is 44.6 Å². The van der Waals surface area contributed by atoms with Gasteiger partial charge < -0.3 is 14.8 Å². The van der Waals surface area contributed by atoms with Crippen LogP contribution in [0, 0.1) is 17.8 Å². The molecule has 0 radical (unpaired) electrons. The second kappa shape index (κ2) is 6.08. The topological polar surface area (TPSA) is 47.6 Å². The summed E-state index contributed by atoms with van der Waals surface area (Å²) in [5.41, 5.74) is 0.810. The first kappa shape index (κ1) is 15.4. The minimum atomic E-state index is -0.286. The molecular formula is C18H22ClNO3. The van der Waals surface area contributed by atoms with Gasteiger partial charge in [-0.2, -0.15) is 0 Å². The van der Waals surface area contributed by atoms with Gasteiger partial charge in [-0.05, 0) is 54.9 Å². The van der Waals surface area contributed by atoms with E-state index in [0.29, 0.717) is 29.2 Å². The van der Waals surface area contributed by atoms with Crippen molar-refractivity contribution < 1.29 is 14.3 Å². The van der Waals surface area contributed by atoms with E-state index >= 15 is 0 Å². The lowest BCUT2D eigenvalue weighted by Crippen LogP contribution is -2.27. The van der Waals surface area contributed by atoms with Crippen LogP contribution in [0.3, 0.4) is 0 Å². The SMILES string of the molecule is O=C(CC1C[C@@H]2CC3(C[C@@H]2C1)OCCO3)Nc1ccc(Cl)cc1. The Bertz CT molecular complexity index is 566. The Kier molecular flexibility index (Phi) is 4.08. The third-order valence-electron chi connectivity index (χ3n) is 5.50. The van der Waals surface area contributed by atoms with Crippen molar-refractivity contribution in [3.05, 3.63) is 29.3 Å². The maximum absolute atomic E-state index is 12.2. The summed E-state index contributed by atoms with van der Waals surface area (Å²) >= 11 is 5.86. The second-order valence-electron chi connectivity index (χ2n) is 7.13. The maximum atomic E-state index is 12.2. The first-order valence-electron chi connectivity index (χ1n) is 8.45. The summed E-state index contributed by atoms with van der Waals surface area (Å²) in [7, 11) is 0. The highest BCUT2D eigenvalue weighted by molar-refractivity contribution is 6.30. The number of hydrogen-bond acceptors (Lipinski definition) is 3. The maximum Gasteiger partial charge on any atom is 0.224 e. The van der Waals surface area contributed by atoms with Crippen molar-refractivity contribution in [3.8, 4) is 0 Å². The summed E-state index contributed by atoms with van der Waals surface area (Å²) in [5, 5.41) is 3.64. The van der Waals surface area contributed by atoms with Crippen LogP contribution in [0.2, 0.25) is 5.02 Å². The molecule has 1 aromatic carbocycles. The van der Waals surface area contributed by atoms with Crippen molar-refractivity contribution in [2.24, 2.45) is 17.8 Å². The fourth-order valence-electron chi connectivity index (χ4n) is 4.63. The van der Waals surface area contributed by atoms with E-state index in [4.69, 9.17) is 21.1 Å². The van der Waals surface area contributed by atoms with Crippen molar-refractivity contribution in [1.82, 2.24) is 0 Å². The summed E-state index contributed by atoms with van der Waals surface area (Å²) in [6.07, 6.45) is 4.85. The number of carbonyl (C=O) groups excluding carboxylic acids is 1. The van der Waals surface area contributed by atoms with Gasteiger partial charge in [0.05, 0.1) is 13.2 Å². The largest absolute Gasteiger partial charge is 0.348 e. The Labute approximate surface area is 141 Å². The first-order chi connectivity index (χ1) is 11.1. The Morgan fingerprint density at radius 3 is 2.35 bits per heavy atom. The van der Waals surface area contributed by atoms with Crippen LogP contribution in [-0.2, 0) is 14.3 Å². The lowest BCUT2D eigenvalue weighted by atomic mass is 9.98. The minimum absolute atomic E-state index is 0.0976. The van der Waals surface area contributed by atoms with Crippen molar-refractivity contribution in [1.29, 1.82) is 0 Å². The Morgan fingerprint density at radius 1 is 1.13 bits per heavy atom. The Hall–Kier alpha value is -1.10. The Morgan fingerprint density at radius 2 is 1.74 bits per heavy atom. The van der Waals surface area contributed by atoms with Crippen LogP contribution in [0.4, 0.5) is 5.69 Å². The molecule has 1 amide bonds. The van der Waals surface area contributed by atoms with Gasteiger partial charge in [-0.1, -0.05) is 11.6 Å². The number of hydrogen-bond donors (Lipinski definition) is 1. The average molecular weight is 336 g/mol. The van der Waals surface area contributed by atoms with Crippen LogP contribution in [0.15, 0.2) is 24.3 Å². The van der Waals surface area contributed by atoms with Gasteiger partial charge in [0.1, 0.15) is 0 Å². The van der Waals surface area contributed by atoms with Crippen LogP contribution in [-0.4, -0.2) is 24.9 Å². The number of ether oxygens (including phenoxy) is 2. The number of anilines is 1. The van der Waals surface area contributed by atoms with Gasteiger partial charge in [-0.15, -0.1) is 0 Å². The normalized spacial score (nSPS) is 31.4. The van der Waals surface area contributed by atoms with Crippen LogP contribution >= 0.6 is 11.6 Å². The van der Waals surface area contributed by atoms with Crippen molar-refractivity contribution in [2.45, 2.75) is 37.9 Å². The molecule has 4 nitrogen and oxygen atoms in total. The van der Waals surface area contributed by atoms with E-state index in [9.17, 15) is 4.79 Å². The fourth-order valence-corrected chi connectivity index (χ4v) is 4.75. The molecule has 23 heavy (non-hydrogen) atoms. The molecule has 1 unspecified atom stereocenters. The number of fused-ring (bicyclic) bond motifs is 1. The van der Waals surface area contributed by atoms with Gasteiger partial charge >= 0.3 is 0 Å². The van der Waals surface area contributed by atoms with E-state index in [1.165, 1.54) is 0 Å². The van der Waals surface area contributed by atoms with Crippen LogP contribution in [0.25, 0.3) is 0 Å². The molecule has 3 fully saturated rings. The van der Waals surface area contributed by atoms with E-state index in [2.05, 4.69) is 5.32 Å². The molecule has 1 N–H and O–H groups in total. The lowest BCUT2D eigenvalue weighted by molar-refractivity contribution is -0.155. The van der Waals surface area contributed by atoms with Gasteiger partial charge in [0.2, 0.25) is 5.91 Å². The molecule has 1 spiro atoms. The number of rotatable bonds is 3. The number of halogens is 1. The molecule has 1 heterocycles. The molecule has 5 heteroatoms. The minimum Gasteiger partial charge on any atom is -0.348 e. The molecule has 3 atom stereocenters. The highest BCUT2D eigenvalue weighted by Crippen LogP contribution is 2.54. The van der Waals surface area contributed by atoms with E-state index in [1.807, 2.05) is 12.1 Å². The molecular weight excluding hydrogens is 314 g/mol. The zero-order chi connectivity index (χ0) is 15.9. The number of carbonyl (C=O) groups is 1. The fraction of sp³-hybridized carbons (Fsp3) is 0.611. The summed E-state index contributed by atoms with van der Waals surface area (Å²) < 4.78 is 11.7. The summed E-state index contributed by atoms with van der Waals surface area (Å²) in [6.45, 7) is 1.46. The zero-order valence-corrected chi connectivity index (χ0v) is 13.8. The molecule has 1 saturated heterocycles. The van der Waals surface area contributed by atoms with Crippen LogP contribution in [0.5, 0.6) is 0 Å². The first-order valence-corrected chi connectivity index (χ1v) is 8.83. The van der Waals surface area contributed by atoms with E-state index in [-0.39, 0.29) is 11.7 Å². The van der Waals surface area contributed by atoms with E-state index < -0.39 is 0 Å². The van der Waals surface area contributed by atoms with Crippen molar-refractivity contribution >= 4 is 23.2 Å². The van der Waals surface area contributed by atoms with Gasteiger partial charge in [-0.25, -0.2) is 0 Å². The molecule has 2 aliphatic carbocycles. The van der Waals surface area contributed by atoms with Gasteiger partial charge in [0.25, 0.3) is 0 Å². The molecule has 2 saturated carbocycles. The van der Waals surface area contributed by atoms with E-state index in [1.54, 1.807) is 12.1 Å². The van der Waals surface area contributed by atoms with Crippen molar-refractivity contribution in [3.63, 3.8) is 0 Å². The third-order valence-corrected chi connectivity index (χ3v) is 5.75. The van der Waals surface area contributed by atoms with Gasteiger partial charge in [0.15, 0.2) is 5.79 Å². The highest BCUT2D eigenvalue weighted by Gasteiger charge is 2.52. The quantitative estimate of drug-likeness (QED) is 0.912. The predicted molar refractivity (Wildman–Crippen MR) is 88.3 cm³/mol. The number of benzene rings is 1. The third kappa shape index (κ3) is 3.25. The molecule has 1 aromatic rings. The van der Waals surface area contributed by atoms with Crippen molar-refractivity contribution in [2.75, 3.05) is 18.5 Å².